The largest absolute Gasteiger partial charge is 0.421 e. The van der Waals surface area contributed by atoms with E-state index in [2.05, 4.69) is 0 Å². The predicted octanol–water partition coefficient (Wildman–Crippen LogP) is 4.45. The molecule has 2 heterocycles. The fourth-order valence-corrected chi connectivity index (χ4v) is 7.29. The van der Waals surface area contributed by atoms with Gasteiger partial charge in [0.05, 0.1) is 15.2 Å². The van der Waals surface area contributed by atoms with Crippen LogP contribution >= 0.6 is 11.6 Å². The number of aliphatic hydroxyl groups is 1. The smallest absolute Gasteiger partial charge is 0.376 e. The second-order valence-corrected chi connectivity index (χ2v) is 12.6. The molecule has 3 aliphatic rings. The molecule has 2 saturated heterocycles. The Bertz CT molecular complexity index is 1170. The zero-order chi connectivity index (χ0) is 25.9. The molecule has 0 bridgehead atoms. The molecule has 2 aliphatic heterocycles. The number of anilines is 1. The molecule has 6 nitrogen and oxygen atoms in total. The molecule has 0 saturated carbocycles. The van der Waals surface area contributed by atoms with Gasteiger partial charge in [-0.3, -0.25) is 4.79 Å². The molecule has 35 heavy (non-hydrogen) atoms. The summed E-state index contributed by atoms with van der Waals surface area (Å²) in [5.41, 5.74) is -3.58. The van der Waals surface area contributed by atoms with E-state index in [0.717, 1.165) is 0 Å². The summed E-state index contributed by atoms with van der Waals surface area (Å²) in [6, 6.07) is 5.14. The molecule has 2 atom stereocenters. The average molecular weight is 533 g/mol. The van der Waals surface area contributed by atoms with Crippen LogP contribution in [0, 0.1) is 5.41 Å². The number of carbonyl (C=O) groups is 1. The van der Waals surface area contributed by atoms with Crippen LogP contribution < -0.4 is 4.90 Å². The minimum absolute atomic E-state index is 0.152. The Kier molecular flexibility index (Phi) is 6.44. The first-order valence-electron chi connectivity index (χ1n) is 11.4. The van der Waals surface area contributed by atoms with Gasteiger partial charge < -0.3 is 10.0 Å². The maximum Gasteiger partial charge on any atom is 0.421 e. The third-order valence-corrected chi connectivity index (χ3v) is 10.2. The van der Waals surface area contributed by atoms with Gasteiger partial charge in [0.2, 0.25) is 15.9 Å². The fourth-order valence-electron chi connectivity index (χ4n) is 5.03. The summed E-state index contributed by atoms with van der Waals surface area (Å²) in [6.45, 7) is 3.11. The van der Waals surface area contributed by atoms with E-state index in [1.54, 1.807) is 13.0 Å². The second-order valence-electron chi connectivity index (χ2n) is 9.87. The van der Waals surface area contributed by atoms with E-state index in [9.17, 15) is 31.5 Å². The standard InChI is InChI=1S/C24H28ClF3N2O4S/c1-21(25)10-4-3-5-19(21)35(33,34)29-14-11-23(12-15-29)13-16-30(20(23)31)18-8-6-17(7-9-18)22(2,32)24(26,27)28/h3-9,32H,10-16H2,1-2H3. The molecule has 1 aliphatic carbocycles. The Morgan fingerprint density at radius 2 is 1.63 bits per heavy atom. The molecule has 2 fully saturated rings. The number of amides is 1. The quantitative estimate of drug-likeness (QED) is 0.581. The van der Waals surface area contributed by atoms with Crippen LogP contribution in [0.5, 0.6) is 0 Å². The van der Waals surface area contributed by atoms with E-state index in [4.69, 9.17) is 11.6 Å². The number of benzene rings is 1. The molecule has 1 N–H and O–H groups in total. The van der Waals surface area contributed by atoms with Gasteiger partial charge in [0.1, 0.15) is 0 Å². The van der Waals surface area contributed by atoms with Crippen LogP contribution in [0.15, 0.2) is 47.4 Å². The van der Waals surface area contributed by atoms with Crippen LogP contribution in [0.1, 0.15) is 45.1 Å². The van der Waals surface area contributed by atoms with Crippen molar-refractivity contribution in [3.8, 4) is 0 Å². The van der Waals surface area contributed by atoms with Gasteiger partial charge in [0.15, 0.2) is 5.60 Å². The van der Waals surface area contributed by atoms with Gasteiger partial charge in [-0.15, -0.1) is 11.6 Å². The van der Waals surface area contributed by atoms with Crippen molar-refractivity contribution < 1.29 is 31.5 Å². The molecular weight excluding hydrogens is 505 g/mol. The molecule has 2 unspecified atom stereocenters. The lowest BCUT2D eigenvalue weighted by Gasteiger charge is -2.39. The third kappa shape index (κ3) is 4.43. The number of halogens is 4. The minimum Gasteiger partial charge on any atom is -0.376 e. The molecule has 0 aromatic heterocycles. The Labute approximate surface area is 208 Å². The average Bonchev–Trinajstić information content (AvgIpc) is 3.08. The van der Waals surface area contributed by atoms with Crippen molar-refractivity contribution in [1.29, 1.82) is 0 Å². The maximum absolute atomic E-state index is 13.4. The number of alkyl halides is 4. The fraction of sp³-hybridized carbons (Fsp3) is 0.542. The molecule has 1 spiro atoms. The number of hydrogen-bond donors (Lipinski definition) is 1. The van der Waals surface area contributed by atoms with E-state index in [1.807, 2.05) is 6.08 Å². The van der Waals surface area contributed by atoms with Crippen LogP contribution in [-0.2, 0) is 20.4 Å². The highest BCUT2D eigenvalue weighted by Crippen LogP contribution is 2.46. The number of carbonyl (C=O) groups excluding carboxylic acids is 1. The first kappa shape index (κ1) is 26.2. The van der Waals surface area contributed by atoms with Gasteiger partial charge in [-0.1, -0.05) is 24.3 Å². The number of piperidine rings is 1. The van der Waals surface area contributed by atoms with Gasteiger partial charge in [-0.05, 0) is 63.3 Å². The zero-order valence-electron chi connectivity index (χ0n) is 19.5. The van der Waals surface area contributed by atoms with Crippen LogP contribution in [0.4, 0.5) is 18.9 Å². The molecule has 0 radical (unpaired) electrons. The lowest BCUT2D eigenvalue weighted by molar-refractivity contribution is -0.258. The Morgan fingerprint density at radius 1 is 1.06 bits per heavy atom. The van der Waals surface area contributed by atoms with Crippen molar-refractivity contribution in [2.24, 2.45) is 5.41 Å². The number of allylic oxidation sites excluding steroid dienone is 4. The second kappa shape index (κ2) is 8.61. The van der Waals surface area contributed by atoms with Gasteiger partial charge >= 0.3 is 6.18 Å². The summed E-state index contributed by atoms with van der Waals surface area (Å²) in [4.78, 5) is 14.0. The Morgan fingerprint density at radius 3 is 2.17 bits per heavy atom. The molecule has 11 heteroatoms. The zero-order valence-corrected chi connectivity index (χ0v) is 21.1. The highest BCUT2D eigenvalue weighted by Gasteiger charge is 2.52. The maximum atomic E-state index is 13.4. The van der Waals surface area contributed by atoms with Gasteiger partial charge in [0, 0.05) is 25.3 Å². The van der Waals surface area contributed by atoms with E-state index in [1.165, 1.54) is 39.5 Å². The molecule has 1 aromatic carbocycles. The first-order chi connectivity index (χ1) is 16.1. The molecule has 192 valence electrons. The number of rotatable bonds is 4. The van der Waals surface area contributed by atoms with Gasteiger partial charge in [0.25, 0.3) is 0 Å². The first-order valence-corrected chi connectivity index (χ1v) is 13.2. The van der Waals surface area contributed by atoms with Gasteiger partial charge in [-0.2, -0.15) is 17.5 Å². The minimum atomic E-state index is -4.83. The van der Waals surface area contributed by atoms with E-state index >= 15 is 0 Å². The molecular formula is C24H28ClF3N2O4S. The summed E-state index contributed by atoms with van der Waals surface area (Å²) in [5.74, 6) is -0.160. The highest BCUT2D eigenvalue weighted by molar-refractivity contribution is 7.93. The summed E-state index contributed by atoms with van der Waals surface area (Å²) in [5, 5.41) is 9.87. The third-order valence-electron chi connectivity index (χ3n) is 7.50. The van der Waals surface area contributed by atoms with E-state index in [0.29, 0.717) is 44.8 Å². The molecule has 1 amide bonds. The summed E-state index contributed by atoms with van der Waals surface area (Å²) in [6.07, 6.45) is 1.83. The number of hydrogen-bond acceptors (Lipinski definition) is 4. The summed E-state index contributed by atoms with van der Waals surface area (Å²) in [7, 11) is -3.78. The van der Waals surface area contributed by atoms with E-state index in [-0.39, 0.29) is 29.5 Å². The topological polar surface area (TPSA) is 77.9 Å². The Balaban J connectivity index is 1.47. The number of nitrogens with zero attached hydrogens (tertiary/aromatic N) is 2. The van der Waals surface area contributed by atoms with Gasteiger partial charge in [-0.25, -0.2) is 8.42 Å². The molecule has 1 aromatic rings. The van der Waals surface area contributed by atoms with Crippen molar-refractivity contribution in [3.05, 3.63) is 53.0 Å². The summed E-state index contributed by atoms with van der Waals surface area (Å²) >= 11 is 6.47. The van der Waals surface area contributed by atoms with Crippen molar-refractivity contribution in [1.82, 2.24) is 4.31 Å². The van der Waals surface area contributed by atoms with Crippen LogP contribution in [0.3, 0.4) is 0 Å². The van der Waals surface area contributed by atoms with E-state index < -0.39 is 32.1 Å². The van der Waals surface area contributed by atoms with Crippen LogP contribution in [0.2, 0.25) is 0 Å². The lowest BCUT2D eigenvalue weighted by Crippen LogP contribution is -2.48. The SMILES string of the molecule is CC1(Cl)CC=CC=C1S(=O)(=O)N1CCC2(CCN(c3ccc(C(C)(O)C(F)(F)F)cc3)C2=O)CC1. The Hall–Kier alpha value is -1.88. The van der Waals surface area contributed by atoms with Crippen LogP contribution in [-0.4, -0.2) is 54.4 Å². The van der Waals surface area contributed by atoms with Crippen molar-refractivity contribution in [2.75, 3.05) is 24.5 Å². The van der Waals surface area contributed by atoms with Crippen molar-refractivity contribution in [2.45, 2.75) is 56.2 Å². The highest BCUT2D eigenvalue weighted by atomic mass is 35.5. The van der Waals surface area contributed by atoms with Crippen LogP contribution in [0.25, 0.3) is 0 Å². The van der Waals surface area contributed by atoms with Crippen molar-refractivity contribution >= 4 is 33.2 Å². The van der Waals surface area contributed by atoms with Crippen molar-refractivity contribution in [3.63, 3.8) is 0 Å². The number of sulfonamides is 1. The predicted molar refractivity (Wildman–Crippen MR) is 127 cm³/mol. The summed E-state index contributed by atoms with van der Waals surface area (Å²) < 4.78 is 67.3. The monoisotopic (exact) mass is 532 g/mol. The normalized spacial score (nSPS) is 27.2. The lowest BCUT2D eigenvalue weighted by atomic mass is 9.77. The molecule has 4 rings (SSSR count).